The van der Waals surface area contributed by atoms with E-state index in [1.165, 1.54) is 5.56 Å². The van der Waals surface area contributed by atoms with Crippen LogP contribution < -0.4 is 14.8 Å². The van der Waals surface area contributed by atoms with Gasteiger partial charge in [-0.05, 0) is 56.2 Å². The Kier molecular flexibility index (Phi) is 6.03. The van der Waals surface area contributed by atoms with E-state index in [9.17, 15) is 4.79 Å². The van der Waals surface area contributed by atoms with Crippen LogP contribution in [0.5, 0.6) is 11.5 Å². The van der Waals surface area contributed by atoms with Crippen LogP contribution in [0, 0.1) is 13.8 Å². The molecule has 0 unspecified atom stereocenters. The lowest BCUT2D eigenvalue weighted by Crippen LogP contribution is -2.22. The van der Waals surface area contributed by atoms with E-state index in [1.54, 1.807) is 12.1 Å². The largest absolute Gasteiger partial charge is 0.490 e. The monoisotopic (exact) mass is 313 g/mol. The maximum absolute atomic E-state index is 11.8. The summed E-state index contributed by atoms with van der Waals surface area (Å²) < 4.78 is 11.4. The molecule has 23 heavy (non-hydrogen) atoms. The Morgan fingerprint density at radius 1 is 1.04 bits per heavy atom. The third-order valence-corrected chi connectivity index (χ3v) is 3.39. The molecule has 0 bridgehead atoms. The minimum atomic E-state index is -0.0930. The molecular formula is C19H23NO3. The highest BCUT2D eigenvalue weighted by molar-refractivity contribution is 5.94. The molecule has 1 N–H and O–H groups in total. The summed E-state index contributed by atoms with van der Waals surface area (Å²) in [5, 5.41) is 2.77. The highest BCUT2D eigenvalue weighted by Crippen LogP contribution is 2.19. The molecule has 0 atom stereocenters. The molecule has 0 heterocycles. The summed E-state index contributed by atoms with van der Waals surface area (Å²) in [6, 6.07) is 13.3. The summed E-state index contributed by atoms with van der Waals surface area (Å²) in [6.07, 6.45) is 0. The molecule has 0 saturated carbocycles. The number of carbonyl (C=O) groups excluding carboxylic acids is 1. The van der Waals surface area contributed by atoms with E-state index in [4.69, 9.17) is 9.47 Å². The van der Waals surface area contributed by atoms with Gasteiger partial charge in [0.1, 0.15) is 24.7 Å². The Morgan fingerprint density at radius 2 is 1.83 bits per heavy atom. The van der Waals surface area contributed by atoms with Gasteiger partial charge in [-0.3, -0.25) is 4.79 Å². The molecule has 0 radical (unpaired) electrons. The lowest BCUT2D eigenvalue weighted by molar-refractivity contribution is 0.0955. The van der Waals surface area contributed by atoms with Crippen LogP contribution >= 0.6 is 0 Å². The van der Waals surface area contributed by atoms with Gasteiger partial charge in [0.25, 0.3) is 5.91 Å². The van der Waals surface area contributed by atoms with E-state index >= 15 is 0 Å². The summed E-state index contributed by atoms with van der Waals surface area (Å²) in [7, 11) is 0. The van der Waals surface area contributed by atoms with Gasteiger partial charge in [-0.1, -0.05) is 18.2 Å². The summed E-state index contributed by atoms with van der Waals surface area (Å²) in [4.78, 5) is 11.8. The number of benzene rings is 2. The zero-order chi connectivity index (χ0) is 16.7. The van der Waals surface area contributed by atoms with Gasteiger partial charge < -0.3 is 14.8 Å². The van der Waals surface area contributed by atoms with Crippen LogP contribution in [0.3, 0.4) is 0 Å². The zero-order valence-electron chi connectivity index (χ0n) is 13.9. The first-order valence-corrected chi connectivity index (χ1v) is 7.81. The van der Waals surface area contributed by atoms with E-state index in [0.29, 0.717) is 31.1 Å². The minimum Gasteiger partial charge on any atom is -0.490 e. The van der Waals surface area contributed by atoms with Gasteiger partial charge in [0.15, 0.2) is 0 Å². The molecule has 0 saturated heterocycles. The number of nitrogens with one attached hydrogen (secondary N) is 1. The average molecular weight is 313 g/mol. The first-order valence-electron chi connectivity index (χ1n) is 7.81. The zero-order valence-corrected chi connectivity index (χ0v) is 13.9. The SMILES string of the molecule is CCNC(=O)c1cccc(OCCOc2cc(C)ccc2C)c1. The molecule has 122 valence electrons. The Bertz CT molecular complexity index is 667. The van der Waals surface area contributed by atoms with Crippen LogP contribution in [0.4, 0.5) is 0 Å². The first kappa shape index (κ1) is 16.9. The first-order chi connectivity index (χ1) is 11.1. The average Bonchev–Trinajstić information content (AvgIpc) is 2.55. The molecule has 2 aromatic carbocycles. The molecule has 0 aromatic heterocycles. The van der Waals surface area contributed by atoms with Gasteiger partial charge in [0.2, 0.25) is 0 Å². The third kappa shape index (κ3) is 5.02. The molecule has 0 fully saturated rings. The van der Waals surface area contributed by atoms with Crippen molar-refractivity contribution in [1.82, 2.24) is 5.32 Å². The fraction of sp³-hybridized carbons (Fsp3) is 0.316. The molecule has 0 aliphatic rings. The Balaban J connectivity index is 1.85. The van der Waals surface area contributed by atoms with Crippen molar-refractivity contribution in [2.45, 2.75) is 20.8 Å². The van der Waals surface area contributed by atoms with Crippen molar-refractivity contribution >= 4 is 5.91 Å². The lowest BCUT2D eigenvalue weighted by Gasteiger charge is -2.11. The smallest absolute Gasteiger partial charge is 0.251 e. The van der Waals surface area contributed by atoms with Crippen molar-refractivity contribution < 1.29 is 14.3 Å². The van der Waals surface area contributed by atoms with Gasteiger partial charge in [0, 0.05) is 12.1 Å². The van der Waals surface area contributed by atoms with Crippen LogP contribution in [-0.2, 0) is 0 Å². The minimum absolute atomic E-state index is 0.0930. The molecule has 0 spiro atoms. The van der Waals surface area contributed by atoms with Crippen LogP contribution in [0.15, 0.2) is 42.5 Å². The normalized spacial score (nSPS) is 10.2. The van der Waals surface area contributed by atoms with Gasteiger partial charge >= 0.3 is 0 Å². The predicted octanol–water partition coefficient (Wildman–Crippen LogP) is 3.51. The Hall–Kier alpha value is -2.49. The molecule has 4 nitrogen and oxygen atoms in total. The highest BCUT2D eigenvalue weighted by atomic mass is 16.5. The fourth-order valence-corrected chi connectivity index (χ4v) is 2.16. The van der Waals surface area contributed by atoms with Crippen molar-refractivity contribution in [3.05, 3.63) is 59.2 Å². The number of rotatable bonds is 7. The van der Waals surface area contributed by atoms with Gasteiger partial charge in [-0.25, -0.2) is 0 Å². The van der Waals surface area contributed by atoms with Crippen molar-refractivity contribution in [3.8, 4) is 11.5 Å². The van der Waals surface area contributed by atoms with Crippen molar-refractivity contribution in [2.24, 2.45) is 0 Å². The fourth-order valence-electron chi connectivity index (χ4n) is 2.16. The van der Waals surface area contributed by atoms with Gasteiger partial charge in [-0.2, -0.15) is 0 Å². The summed E-state index contributed by atoms with van der Waals surface area (Å²) in [5.41, 5.74) is 2.87. The van der Waals surface area contributed by atoms with Crippen molar-refractivity contribution in [1.29, 1.82) is 0 Å². The van der Waals surface area contributed by atoms with Crippen molar-refractivity contribution in [3.63, 3.8) is 0 Å². The second-order valence-electron chi connectivity index (χ2n) is 5.35. The van der Waals surface area contributed by atoms with Crippen LogP contribution in [0.25, 0.3) is 0 Å². The molecule has 2 rings (SSSR count). The highest BCUT2D eigenvalue weighted by Gasteiger charge is 2.05. The summed E-state index contributed by atoms with van der Waals surface area (Å²) in [6.45, 7) is 7.43. The maximum atomic E-state index is 11.8. The predicted molar refractivity (Wildman–Crippen MR) is 91.4 cm³/mol. The van der Waals surface area contributed by atoms with Crippen molar-refractivity contribution in [2.75, 3.05) is 19.8 Å². The number of aryl methyl sites for hydroxylation is 2. The number of hydrogen-bond acceptors (Lipinski definition) is 3. The van der Waals surface area contributed by atoms with Crippen LogP contribution in [-0.4, -0.2) is 25.7 Å². The van der Waals surface area contributed by atoms with Gasteiger partial charge in [-0.15, -0.1) is 0 Å². The topological polar surface area (TPSA) is 47.6 Å². The quantitative estimate of drug-likeness (QED) is 0.796. The van der Waals surface area contributed by atoms with Crippen LogP contribution in [0.2, 0.25) is 0 Å². The van der Waals surface area contributed by atoms with E-state index in [0.717, 1.165) is 11.3 Å². The van der Waals surface area contributed by atoms with Gasteiger partial charge in [0.05, 0.1) is 0 Å². The second-order valence-corrected chi connectivity index (χ2v) is 5.35. The second kappa shape index (κ2) is 8.22. The molecule has 0 aliphatic carbocycles. The number of amides is 1. The molecule has 4 heteroatoms. The molecule has 0 aliphatic heterocycles. The third-order valence-electron chi connectivity index (χ3n) is 3.39. The van der Waals surface area contributed by atoms with E-state index < -0.39 is 0 Å². The molecule has 1 amide bonds. The molecule has 2 aromatic rings. The Labute approximate surface area is 137 Å². The van der Waals surface area contributed by atoms with E-state index in [1.807, 2.05) is 45.0 Å². The summed E-state index contributed by atoms with van der Waals surface area (Å²) in [5.74, 6) is 1.45. The summed E-state index contributed by atoms with van der Waals surface area (Å²) >= 11 is 0. The van der Waals surface area contributed by atoms with E-state index in [2.05, 4.69) is 11.4 Å². The maximum Gasteiger partial charge on any atom is 0.251 e. The molecular weight excluding hydrogens is 290 g/mol. The number of carbonyl (C=O) groups is 1. The van der Waals surface area contributed by atoms with Crippen LogP contribution in [0.1, 0.15) is 28.4 Å². The standard InChI is InChI=1S/C19H23NO3/c1-4-20-19(21)16-6-5-7-17(13-16)22-10-11-23-18-12-14(2)8-9-15(18)3/h5-9,12-13H,4,10-11H2,1-3H3,(H,20,21). The number of hydrogen-bond donors (Lipinski definition) is 1. The Morgan fingerprint density at radius 3 is 2.61 bits per heavy atom. The lowest BCUT2D eigenvalue weighted by atomic mass is 10.1. The number of ether oxygens (including phenoxy) is 2. The van der Waals surface area contributed by atoms with E-state index in [-0.39, 0.29) is 5.91 Å².